The zero-order chi connectivity index (χ0) is 12.8. The van der Waals surface area contributed by atoms with Crippen molar-refractivity contribution in [1.29, 1.82) is 0 Å². The second-order valence-electron chi connectivity index (χ2n) is 5.31. The van der Waals surface area contributed by atoms with Gasteiger partial charge in [-0.25, -0.2) is 0 Å². The Morgan fingerprint density at radius 1 is 1.12 bits per heavy atom. The van der Waals surface area contributed by atoms with E-state index in [1.807, 2.05) is 0 Å². The van der Waals surface area contributed by atoms with Crippen molar-refractivity contribution in [2.75, 3.05) is 25.0 Å². The summed E-state index contributed by atoms with van der Waals surface area (Å²) in [5.41, 5.74) is 8.27. The SMILES string of the molecule is CC(CCN)CN(C)c1ccc(C(C)C)cc1. The van der Waals surface area contributed by atoms with Crippen molar-refractivity contribution in [3.05, 3.63) is 29.8 Å². The molecule has 1 aromatic carbocycles. The lowest BCUT2D eigenvalue weighted by Crippen LogP contribution is -2.25. The standard InChI is InChI=1S/C15H26N2/c1-12(2)14-5-7-15(8-6-14)17(4)11-13(3)9-10-16/h5-8,12-13H,9-11,16H2,1-4H3. The molecule has 2 nitrogen and oxygen atoms in total. The summed E-state index contributed by atoms with van der Waals surface area (Å²) in [7, 11) is 2.15. The van der Waals surface area contributed by atoms with Gasteiger partial charge < -0.3 is 10.6 Å². The van der Waals surface area contributed by atoms with E-state index in [2.05, 4.69) is 57.0 Å². The van der Waals surface area contributed by atoms with E-state index in [1.165, 1.54) is 11.3 Å². The maximum Gasteiger partial charge on any atom is 0.0363 e. The average molecular weight is 234 g/mol. The van der Waals surface area contributed by atoms with Crippen molar-refractivity contribution in [2.24, 2.45) is 11.7 Å². The Morgan fingerprint density at radius 2 is 1.71 bits per heavy atom. The van der Waals surface area contributed by atoms with Crippen LogP contribution < -0.4 is 10.6 Å². The van der Waals surface area contributed by atoms with Gasteiger partial charge in [-0.15, -0.1) is 0 Å². The normalized spacial score (nSPS) is 12.8. The van der Waals surface area contributed by atoms with Crippen LogP contribution in [0.5, 0.6) is 0 Å². The quantitative estimate of drug-likeness (QED) is 0.819. The number of hydrogen-bond donors (Lipinski definition) is 1. The topological polar surface area (TPSA) is 29.3 Å². The molecular formula is C15H26N2. The minimum atomic E-state index is 0.602. The lowest BCUT2D eigenvalue weighted by molar-refractivity contribution is 0.539. The minimum Gasteiger partial charge on any atom is -0.374 e. The summed E-state index contributed by atoms with van der Waals surface area (Å²) >= 11 is 0. The van der Waals surface area contributed by atoms with Crippen molar-refractivity contribution in [3.8, 4) is 0 Å². The van der Waals surface area contributed by atoms with Crippen LogP contribution in [0.25, 0.3) is 0 Å². The van der Waals surface area contributed by atoms with E-state index in [9.17, 15) is 0 Å². The van der Waals surface area contributed by atoms with E-state index in [-0.39, 0.29) is 0 Å². The third kappa shape index (κ3) is 4.39. The summed E-state index contributed by atoms with van der Waals surface area (Å²) in [4.78, 5) is 2.31. The Hall–Kier alpha value is -1.02. The van der Waals surface area contributed by atoms with Crippen LogP contribution in [0.3, 0.4) is 0 Å². The van der Waals surface area contributed by atoms with Crippen molar-refractivity contribution >= 4 is 5.69 Å². The second-order valence-corrected chi connectivity index (χ2v) is 5.31. The molecule has 0 fully saturated rings. The molecule has 1 aromatic rings. The van der Waals surface area contributed by atoms with Gasteiger partial charge in [0.05, 0.1) is 0 Å². The van der Waals surface area contributed by atoms with Crippen LogP contribution in [0, 0.1) is 5.92 Å². The smallest absolute Gasteiger partial charge is 0.0363 e. The fraction of sp³-hybridized carbons (Fsp3) is 0.600. The maximum absolute atomic E-state index is 5.58. The highest BCUT2D eigenvalue weighted by atomic mass is 15.1. The highest BCUT2D eigenvalue weighted by Gasteiger charge is 2.07. The molecule has 0 radical (unpaired) electrons. The highest BCUT2D eigenvalue weighted by Crippen LogP contribution is 2.20. The summed E-state index contributed by atoms with van der Waals surface area (Å²) < 4.78 is 0. The summed E-state index contributed by atoms with van der Waals surface area (Å²) in [5, 5.41) is 0. The summed E-state index contributed by atoms with van der Waals surface area (Å²) in [5.74, 6) is 1.25. The Morgan fingerprint density at radius 3 is 2.18 bits per heavy atom. The van der Waals surface area contributed by atoms with Crippen LogP contribution in [0.2, 0.25) is 0 Å². The second kappa shape index (κ2) is 6.65. The fourth-order valence-electron chi connectivity index (χ4n) is 2.06. The highest BCUT2D eigenvalue weighted by molar-refractivity contribution is 5.47. The lowest BCUT2D eigenvalue weighted by atomic mass is 10.0. The van der Waals surface area contributed by atoms with Crippen LogP contribution in [0.1, 0.15) is 38.7 Å². The van der Waals surface area contributed by atoms with E-state index in [0.29, 0.717) is 11.8 Å². The Labute approximate surface area is 106 Å². The number of hydrogen-bond acceptors (Lipinski definition) is 2. The molecule has 0 aliphatic carbocycles. The maximum atomic E-state index is 5.58. The molecule has 0 heterocycles. The first kappa shape index (κ1) is 14.0. The van der Waals surface area contributed by atoms with Gasteiger partial charge in [0, 0.05) is 19.3 Å². The molecule has 2 heteroatoms. The van der Waals surface area contributed by atoms with Crippen molar-refractivity contribution in [1.82, 2.24) is 0 Å². The van der Waals surface area contributed by atoms with Crippen LogP contribution in [0.15, 0.2) is 24.3 Å². The van der Waals surface area contributed by atoms with Gasteiger partial charge in [-0.1, -0.05) is 32.9 Å². The Kier molecular flexibility index (Phi) is 5.49. The molecular weight excluding hydrogens is 208 g/mol. The predicted octanol–water partition coefficient (Wildman–Crippen LogP) is 3.23. The summed E-state index contributed by atoms with van der Waals surface area (Å²) in [6.45, 7) is 8.55. The van der Waals surface area contributed by atoms with Gasteiger partial charge in [-0.2, -0.15) is 0 Å². The largest absolute Gasteiger partial charge is 0.374 e. The third-order valence-corrected chi connectivity index (χ3v) is 3.25. The van der Waals surface area contributed by atoms with Gasteiger partial charge in [0.15, 0.2) is 0 Å². The minimum absolute atomic E-state index is 0.602. The monoisotopic (exact) mass is 234 g/mol. The molecule has 0 spiro atoms. The van der Waals surface area contributed by atoms with Crippen LogP contribution >= 0.6 is 0 Å². The first-order valence-corrected chi connectivity index (χ1v) is 6.55. The van der Waals surface area contributed by atoms with Crippen LogP contribution in [-0.4, -0.2) is 20.1 Å². The molecule has 0 aliphatic heterocycles. The number of anilines is 1. The molecule has 0 saturated carbocycles. The molecule has 0 amide bonds. The summed E-state index contributed by atoms with van der Waals surface area (Å²) in [6, 6.07) is 8.88. The molecule has 1 atom stereocenters. The average Bonchev–Trinajstić information content (AvgIpc) is 2.29. The van der Waals surface area contributed by atoms with E-state index in [0.717, 1.165) is 19.5 Å². The van der Waals surface area contributed by atoms with E-state index >= 15 is 0 Å². The summed E-state index contributed by atoms with van der Waals surface area (Å²) in [6.07, 6.45) is 1.09. The van der Waals surface area contributed by atoms with Gasteiger partial charge in [-0.05, 0) is 42.5 Å². The zero-order valence-corrected chi connectivity index (χ0v) is 11.6. The predicted molar refractivity (Wildman–Crippen MR) is 76.6 cm³/mol. The molecule has 0 saturated heterocycles. The molecule has 96 valence electrons. The van der Waals surface area contributed by atoms with Crippen LogP contribution in [0.4, 0.5) is 5.69 Å². The zero-order valence-electron chi connectivity index (χ0n) is 11.6. The third-order valence-electron chi connectivity index (χ3n) is 3.25. The Balaban J connectivity index is 2.60. The lowest BCUT2D eigenvalue weighted by Gasteiger charge is -2.23. The van der Waals surface area contributed by atoms with E-state index in [4.69, 9.17) is 5.73 Å². The van der Waals surface area contributed by atoms with Gasteiger partial charge in [0.1, 0.15) is 0 Å². The van der Waals surface area contributed by atoms with E-state index in [1.54, 1.807) is 0 Å². The van der Waals surface area contributed by atoms with Crippen LogP contribution in [-0.2, 0) is 0 Å². The fourth-order valence-corrected chi connectivity index (χ4v) is 2.06. The molecule has 1 rings (SSSR count). The number of rotatable bonds is 6. The molecule has 2 N–H and O–H groups in total. The molecule has 17 heavy (non-hydrogen) atoms. The molecule has 0 aliphatic rings. The van der Waals surface area contributed by atoms with Gasteiger partial charge in [-0.3, -0.25) is 0 Å². The van der Waals surface area contributed by atoms with Crippen molar-refractivity contribution in [3.63, 3.8) is 0 Å². The Bertz CT molecular complexity index is 316. The van der Waals surface area contributed by atoms with E-state index < -0.39 is 0 Å². The van der Waals surface area contributed by atoms with Crippen molar-refractivity contribution < 1.29 is 0 Å². The molecule has 1 unspecified atom stereocenters. The first-order valence-electron chi connectivity index (χ1n) is 6.55. The number of benzene rings is 1. The number of nitrogens with two attached hydrogens (primary N) is 1. The van der Waals surface area contributed by atoms with Gasteiger partial charge in [0.2, 0.25) is 0 Å². The number of nitrogens with zero attached hydrogens (tertiary/aromatic N) is 1. The van der Waals surface area contributed by atoms with Crippen molar-refractivity contribution in [2.45, 2.75) is 33.1 Å². The molecule has 0 aromatic heterocycles. The van der Waals surface area contributed by atoms with Gasteiger partial charge in [0.25, 0.3) is 0 Å². The molecule has 0 bridgehead atoms. The van der Waals surface area contributed by atoms with Gasteiger partial charge >= 0.3 is 0 Å². The first-order chi connectivity index (χ1) is 8.04.